The van der Waals surface area contributed by atoms with Crippen LogP contribution in [0.5, 0.6) is 0 Å². The van der Waals surface area contributed by atoms with Gasteiger partial charge < -0.3 is 15.4 Å². The fourth-order valence-corrected chi connectivity index (χ4v) is 4.57. The molecule has 7 nitrogen and oxygen atoms in total. The molecule has 0 saturated carbocycles. The van der Waals surface area contributed by atoms with E-state index in [0.29, 0.717) is 5.56 Å². The van der Waals surface area contributed by atoms with E-state index in [1.165, 1.54) is 12.1 Å². The number of rotatable bonds is 6. The first-order valence-corrected chi connectivity index (χ1v) is 10.8. The van der Waals surface area contributed by atoms with E-state index < -0.39 is 33.6 Å². The summed E-state index contributed by atoms with van der Waals surface area (Å²) in [5.41, 5.74) is 1.65. The zero-order valence-corrected chi connectivity index (χ0v) is 17.0. The smallest absolute Gasteiger partial charge is 0.338 e. The first-order valence-electron chi connectivity index (χ1n) is 9.14. The van der Waals surface area contributed by atoms with Crippen LogP contribution >= 0.6 is 0 Å². The molecule has 0 aromatic heterocycles. The third-order valence-electron chi connectivity index (χ3n) is 4.59. The van der Waals surface area contributed by atoms with Crippen molar-refractivity contribution in [3.05, 3.63) is 77.0 Å². The van der Waals surface area contributed by atoms with Crippen LogP contribution in [-0.2, 0) is 19.4 Å². The lowest BCUT2D eigenvalue weighted by Gasteiger charge is -2.30. The van der Waals surface area contributed by atoms with Crippen LogP contribution in [0.3, 0.4) is 0 Å². The number of urea groups is 1. The minimum Gasteiger partial charge on any atom is -0.463 e. The van der Waals surface area contributed by atoms with Crippen molar-refractivity contribution in [2.45, 2.75) is 24.8 Å². The van der Waals surface area contributed by atoms with Gasteiger partial charge in [-0.2, -0.15) is 0 Å². The van der Waals surface area contributed by atoms with Crippen LogP contribution < -0.4 is 10.6 Å². The molecule has 1 heterocycles. The molecular formula is C21H22N2O5S. The highest BCUT2D eigenvalue weighted by Gasteiger charge is 2.36. The van der Waals surface area contributed by atoms with Crippen LogP contribution in [0.4, 0.5) is 4.79 Å². The van der Waals surface area contributed by atoms with Gasteiger partial charge in [-0.05, 0) is 37.1 Å². The van der Waals surface area contributed by atoms with Crippen molar-refractivity contribution in [3.8, 4) is 0 Å². The van der Waals surface area contributed by atoms with Crippen LogP contribution in [0.15, 0.2) is 70.8 Å². The van der Waals surface area contributed by atoms with E-state index in [4.69, 9.17) is 4.74 Å². The Bertz CT molecular complexity index is 1060. The Morgan fingerprint density at radius 2 is 1.72 bits per heavy atom. The Kier molecular flexibility index (Phi) is 6.03. The number of carbonyl (C=O) groups is 2. The molecule has 2 N–H and O–H groups in total. The van der Waals surface area contributed by atoms with E-state index in [1.54, 1.807) is 37.3 Å². The SMILES string of the molecule is CCOC(=O)C1=C(CS(=O)(=O)c2ccccc2)NC(=O)N[C@@H]1c1ccccc1C. The summed E-state index contributed by atoms with van der Waals surface area (Å²) in [6.07, 6.45) is 0. The van der Waals surface area contributed by atoms with E-state index in [0.717, 1.165) is 5.56 Å². The molecule has 2 aromatic carbocycles. The third kappa shape index (κ3) is 4.48. The van der Waals surface area contributed by atoms with Crippen molar-refractivity contribution in [2.75, 3.05) is 12.4 Å². The van der Waals surface area contributed by atoms with Crippen molar-refractivity contribution < 1.29 is 22.7 Å². The van der Waals surface area contributed by atoms with Crippen LogP contribution in [0.2, 0.25) is 0 Å². The van der Waals surface area contributed by atoms with Gasteiger partial charge in [0.05, 0.1) is 28.9 Å². The average molecular weight is 414 g/mol. The summed E-state index contributed by atoms with van der Waals surface area (Å²) in [4.78, 5) is 25.2. The number of hydrogen-bond acceptors (Lipinski definition) is 5. The maximum Gasteiger partial charge on any atom is 0.338 e. The normalized spacial score (nSPS) is 16.8. The lowest BCUT2D eigenvalue weighted by atomic mass is 9.92. The molecule has 1 atom stereocenters. The maximum absolute atomic E-state index is 12.9. The fraction of sp³-hybridized carbons (Fsp3) is 0.238. The summed E-state index contributed by atoms with van der Waals surface area (Å²) in [6.45, 7) is 3.64. The molecule has 0 radical (unpaired) electrons. The molecule has 0 spiro atoms. The van der Waals surface area contributed by atoms with Crippen LogP contribution in [0, 0.1) is 6.92 Å². The maximum atomic E-state index is 12.9. The number of hydrogen-bond donors (Lipinski definition) is 2. The molecule has 0 fully saturated rings. The van der Waals surface area contributed by atoms with E-state index >= 15 is 0 Å². The molecule has 0 bridgehead atoms. The van der Waals surface area contributed by atoms with E-state index in [2.05, 4.69) is 10.6 Å². The predicted octanol–water partition coefficient (Wildman–Crippen LogP) is 2.64. The lowest BCUT2D eigenvalue weighted by Crippen LogP contribution is -2.47. The summed E-state index contributed by atoms with van der Waals surface area (Å²) < 4.78 is 30.9. The van der Waals surface area contributed by atoms with Gasteiger partial charge in [-0.15, -0.1) is 0 Å². The van der Waals surface area contributed by atoms with Crippen LogP contribution in [0.1, 0.15) is 24.1 Å². The highest BCUT2D eigenvalue weighted by atomic mass is 32.2. The van der Waals surface area contributed by atoms with Gasteiger partial charge in [0.1, 0.15) is 0 Å². The van der Waals surface area contributed by atoms with Gasteiger partial charge in [0, 0.05) is 5.70 Å². The van der Waals surface area contributed by atoms with Crippen molar-refractivity contribution in [1.29, 1.82) is 0 Å². The van der Waals surface area contributed by atoms with Crippen LogP contribution in [0.25, 0.3) is 0 Å². The predicted molar refractivity (Wildman–Crippen MR) is 108 cm³/mol. The number of benzene rings is 2. The molecule has 29 heavy (non-hydrogen) atoms. The first kappa shape index (κ1) is 20.6. The summed E-state index contributed by atoms with van der Waals surface area (Å²) in [7, 11) is -3.79. The number of carbonyl (C=O) groups excluding carboxylic acids is 2. The number of aryl methyl sites for hydroxylation is 1. The monoisotopic (exact) mass is 414 g/mol. The van der Waals surface area contributed by atoms with Crippen molar-refractivity contribution >= 4 is 21.8 Å². The Balaban J connectivity index is 2.12. The minimum absolute atomic E-state index is 0.0179. The standard InChI is InChI=1S/C21H22N2O5S/c1-3-28-20(24)18-17(13-29(26,27)15-10-5-4-6-11-15)22-21(25)23-19(18)16-12-8-7-9-14(16)2/h4-12,19H,3,13H2,1-2H3,(H2,22,23,25)/t19-/m1/s1. The van der Waals surface area contributed by atoms with E-state index in [9.17, 15) is 18.0 Å². The van der Waals surface area contributed by atoms with E-state index in [1.807, 2.05) is 19.1 Å². The number of sulfone groups is 1. The largest absolute Gasteiger partial charge is 0.463 e. The van der Waals surface area contributed by atoms with Crippen molar-refractivity contribution in [3.63, 3.8) is 0 Å². The van der Waals surface area contributed by atoms with Gasteiger partial charge in [-0.25, -0.2) is 18.0 Å². The van der Waals surface area contributed by atoms with Gasteiger partial charge in [0.2, 0.25) is 0 Å². The molecule has 1 aliphatic rings. The zero-order chi connectivity index (χ0) is 21.0. The molecule has 1 aliphatic heterocycles. The summed E-state index contributed by atoms with van der Waals surface area (Å²) >= 11 is 0. The second kappa shape index (κ2) is 8.48. The topological polar surface area (TPSA) is 102 Å². The van der Waals surface area contributed by atoms with Gasteiger partial charge in [-0.3, -0.25) is 0 Å². The second-order valence-electron chi connectivity index (χ2n) is 6.57. The Labute approximate surface area is 169 Å². The number of esters is 1. The molecular weight excluding hydrogens is 392 g/mol. The zero-order valence-electron chi connectivity index (χ0n) is 16.1. The molecule has 2 amide bonds. The van der Waals surface area contributed by atoms with Crippen molar-refractivity contribution in [1.82, 2.24) is 10.6 Å². The number of amides is 2. The first-order chi connectivity index (χ1) is 13.8. The average Bonchev–Trinajstić information content (AvgIpc) is 2.68. The summed E-state index contributed by atoms with van der Waals surface area (Å²) in [5, 5.41) is 5.22. The van der Waals surface area contributed by atoms with Gasteiger partial charge in [0.15, 0.2) is 9.84 Å². The fourth-order valence-electron chi connectivity index (χ4n) is 3.23. The second-order valence-corrected chi connectivity index (χ2v) is 8.56. The van der Waals surface area contributed by atoms with Gasteiger partial charge >= 0.3 is 12.0 Å². The van der Waals surface area contributed by atoms with Gasteiger partial charge in [0.25, 0.3) is 0 Å². The van der Waals surface area contributed by atoms with Gasteiger partial charge in [-0.1, -0.05) is 42.5 Å². The molecule has 0 saturated heterocycles. The summed E-state index contributed by atoms with van der Waals surface area (Å²) in [6, 6.07) is 13.8. The number of nitrogens with one attached hydrogen (secondary N) is 2. The lowest BCUT2D eigenvalue weighted by molar-refractivity contribution is -0.139. The molecule has 3 rings (SSSR count). The number of ether oxygens (including phenoxy) is 1. The quantitative estimate of drug-likeness (QED) is 0.708. The van der Waals surface area contributed by atoms with Crippen LogP contribution in [-0.4, -0.2) is 32.8 Å². The molecule has 0 unspecified atom stereocenters. The molecule has 0 aliphatic carbocycles. The third-order valence-corrected chi connectivity index (χ3v) is 6.24. The van der Waals surface area contributed by atoms with E-state index in [-0.39, 0.29) is 22.8 Å². The minimum atomic E-state index is -3.79. The van der Waals surface area contributed by atoms with Crippen molar-refractivity contribution in [2.24, 2.45) is 0 Å². The highest BCUT2D eigenvalue weighted by Crippen LogP contribution is 2.31. The molecule has 8 heteroatoms. The molecule has 2 aromatic rings. The Morgan fingerprint density at radius 3 is 2.38 bits per heavy atom. The Morgan fingerprint density at radius 1 is 1.07 bits per heavy atom. The summed E-state index contributed by atoms with van der Waals surface area (Å²) in [5.74, 6) is -1.20. The Hall–Kier alpha value is -3.13. The molecule has 152 valence electrons. The highest BCUT2D eigenvalue weighted by molar-refractivity contribution is 7.91.